The number of hydrogen-bond acceptors (Lipinski definition) is 4. The van der Waals surface area contributed by atoms with Crippen molar-refractivity contribution in [3.63, 3.8) is 0 Å². The fraction of sp³-hybridized carbons (Fsp3) is 0. The molecule has 0 aliphatic heterocycles. The van der Waals surface area contributed by atoms with Crippen LogP contribution in [0.5, 0.6) is 0 Å². The van der Waals surface area contributed by atoms with E-state index in [1.165, 1.54) is 5.39 Å². The minimum absolute atomic E-state index is 0.904. The molecule has 4 aromatic carbocycles. The number of aromatic nitrogens is 4. The summed E-state index contributed by atoms with van der Waals surface area (Å²) in [5.74, 6) is 0. The van der Waals surface area contributed by atoms with E-state index in [9.17, 15) is 0 Å². The summed E-state index contributed by atoms with van der Waals surface area (Å²) in [5.41, 5.74) is 10.1. The number of pyridine rings is 4. The molecule has 8 aromatic rings. The molecule has 0 saturated heterocycles. The highest BCUT2D eigenvalue weighted by Crippen LogP contribution is 2.36. The normalized spacial score (nSPS) is 11.3. The van der Waals surface area contributed by atoms with E-state index in [4.69, 9.17) is 9.97 Å². The summed E-state index contributed by atoms with van der Waals surface area (Å²) < 4.78 is 0. The van der Waals surface area contributed by atoms with Crippen LogP contribution in [0.25, 0.3) is 77.5 Å². The molecule has 0 amide bonds. The summed E-state index contributed by atoms with van der Waals surface area (Å²) in [6.07, 6.45) is 5.60. The molecule has 0 atom stereocenters. The number of fused-ring (bicyclic) bond motifs is 3. The highest BCUT2D eigenvalue weighted by molar-refractivity contribution is 5.98. The van der Waals surface area contributed by atoms with Gasteiger partial charge in [-0.1, -0.05) is 84.9 Å². The number of benzene rings is 4. The molecule has 0 spiro atoms. The van der Waals surface area contributed by atoms with Crippen molar-refractivity contribution in [2.75, 3.05) is 0 Å². The van der Waals surface area contributed by atoms with E-state index in [2.05, 4.69) is 113 Å². The van der Waals surface area contributed by atoms with Crippen molar-refractivity contribution < 1.29 is 0 Å². The second-order valence-electron chi connectivity index (χ2n) is 10.3. The van der Waals surface area contributed by atoms with E-state index < -0.39 is 0 Å². The van der Waals surface area contributed by atoms with Gasteiger partial charge in [-0.2, -0.15) is 0 Å². The van der Waals surface area contributed by atoms with Gasteiger partial charge < -0.3 is 0 Å². The number of nitrogens with zero attached hydrogens (tertiary/aromatic N) is 4. The zero-order chi connectivity index (χ0) is 27.9. The standard InChI is InChI=1S/C38H24N4/c1-2-8-29-26(7-1)17-20-41-38(29)27-15-13-25(14-16-27)28-23-36(32-18-21-39-34-11-5-3-9-30(32)34)42-37(24-28)33-19-22-40-35-12-6-4-10-31(33)35/h1-24H. The van der Waals surface area contributed by atoms with Crippen LogP contribution in [-0.4, -0.2) is 19.9 Å². The summed E-state index contributed by atoms with van der Waals surface area (Å²) in [7, 11) is 0. The predicted octanol–water partition coefficient (Wildman–Crippen LogP) is 9.39. The molecule has 4 nitrogen and oxygen atoms in total. The Morgan fingerprint density at radius 2 is 0.905 bits per heavy atom. The Bertz CT molecular complexity index is 2140. The van der Waals surface area contributed by atoms with Gasteiger partial charge in [-0.3, -0.25) is 15.0 Å². The van der Waals surface area contributed by atoms with Crippen molar-refractivity contribution in [3.05, 3.63) is 146 Å². The van der Waals surface area contributed by atoms with Crippen molar-refractivity contribution in [3.8, 4) is 44.9 Å². The van der Waals surface area contributed by atoms with Gasteiger partial charge in [0.1, 0.15) is 0 Å². The number of hydrogen-bond donors (Lipinski definition) is 0. The van der Waals surface area contributed by atoms with Gasteiger partial charge in [0, 0.05) is 51.4 Å². The minimum Gasteiger partial charge on any atom is -0.256 e. The van der Waals surface area contributed by atoms with Crippen molar-refractivity contribution >= 4 is 32.6 Å². The third-order valence-corrected chi connectivity index (χ3v) is 7.84. The molecule has 0 aliphatic carbocycles. The molecule has 0 unspecified atom stereocenters. The van der Waals surface area contributed by atoms with Crippen LogP contribution in [-0.2, 0) is 0 Å². The SMILES string of the molecule is c1ccc2c(-c3ccc(-c4cc(-c5ccnc6ccccc56)nc(-c5ccnc6ccccc56)c4)cc3)nccc2c1. The molecule has 42 heavy (non-hydrogen) atoms. The molecule has 0 aliphatic rings. The Labute approximate surface area is 243 Å². The first-order chi connectivity index (χ1) is 20.8. The Kier molecular flexibility index (Phi) is 5.75. The maximum Gasteiger partial charge on any atom is 0.0780 e. The first kappa shape index (κ1) is 24.1. The van der Waals surface area contributed by atoms with Gasteiger partial charge in [-0.25, -0.2) is 4.98 Å². The lowest BCUT2D eigenvalue weighted by atomic mass is 9.96. The van der Waals surface area contributed by atoms with Crippen LogP contribution in [0, 0.1) is 0 Å². The van der Waals surface area contributed by atoms with Gasteiger partial charge in [0.2, 0.25) is 0 Å². The molecule has 196 valence electrons. The quantitative estimate of drug-likeness (QED) is 0.225. The van der Waals surface area contributed by atoms with Crippen molar-refractivity contribution in [2.24, 2.45) is 0 Å². The fourth-order valence-corrected chi connectivity index (χ4v) is 5.78. The molecular formula is C38H24N4. The Balaban J connectivity index is 1.31. The zero-order valence-electron chi connectivity index (χ0n) is 22.6. The van der Waals surface area contributed by atoms with Gasteiger partial charge in [-0.15, -0.1) is 0 Å². The summed E-state index contributed by atoms with van der Waals surface area (Å²) in [6.45, 7) is 0. The highest BCUT2D eigenvalue weighted by Gasteiger charge is 2.14. The topological polar surface area (TPSA) is 51.6 Å². The first-order valence-electron chi connectivity index (χ1n) is 14.0. The molecule has 0 saturated carbocycles. The van der Waals surface area contributed by atoms with Crippen LogP contribution in [0.3, 0.4) is 0 Å². The number of rotatable bonds is 4. The Hall–Kier alpha value is -5.74. The maximum absolute atomic E-state index is 5.23. The highest BCUT2D eigenvalue weighted by atomic mass is 14.7. The van der Waals surface area contributed by atoms with Crippen molar-refractivity contribution in [2.45, 2.75) is 0 Å². The summed E-state index contributed by atoms with van der Waals surface area (Å²) in [5, 5.41) is 4.49. The van der Waals surface area contributed by atoms with Crippen molar-refractivity contribution in [1.29, 1.82) is 0 Å². The molecule has 4 aromatic heterocycles. The number of para-hydroxylation sites is 2. The van der Waals surface area contributed by atoms with Gasteiger partial charge in [0.25, 0.3) is 0 Å². The lowest BCUT2D eigenvalue weighted by Crippen LogP contribution is -1.94. The van der Waals surface area contributed by atoms with Crippen molar-refractivity contribution in [1.82, 2.24) is 19.9 Å². The molecule has 0 radical (unpaired) electrons. The van der Waals surface area contributed by atoms with Crippen LogP contribution in [0.4, 0.5) is 0 Å². The Morgan fingerprint density at radius 3 is 1.55 bits per heavy atom. The molecule has 4 heterocycles. The van der Waals surface area contributed by atoms with E-state index in [1.54, 1.807) is 0 Å². The summed E-state index contributed by atoms with van der Waals surface area (Å²) in [6, 6.07) is 44.0. The van der Waals surface area contributed by atoms with Gasteiger partial charge >= 0.3 is 0 Å². The largest absolute Gasteiger partial charge is 0.256 e. The van der Waals surface area contributed by atoms with Crippen LogP contribution < -0.4 is 0 Å². The van der Waals surface area contributed by atoms with E-state index in [1.807, 2.05) is 42.9 Å². The molecule has 0 N–H and O–H groups in total. The smallest absolute Gasteiger partial charge is 0.0780 e. The lowest BCUT2D eigenvalue weighted by Gasteiger charge is -2.13. The van der Waals surface area contributed by atoms with Crippen LogP contribution >= 0.6 is 0 Å². The second kappa shape index (κ2) is 10.0. The van der Waals surface area contributed by atoms with E-state index in [0.29, 0.717) is 0 Å². The lowest BCUT2D eigenvalue weighted by molar-refractivity contribution is 1.31. The summed E-state index contributed by atoms with van der Waals surface area (Å²) >= 11 is 0. The van der Waals surface area contributed by atoms with E-state index in [-0.39, 0.29) is 0 Å². The molecular weight excluding hydrogens is 512 g/mol. The monoisotopic (exact) mass is 536 g/mol. The zero-order valence-corrected chi connectivity index (χ0v) is 22.6. The third kappa shape index (κ3) is 4.18. The molecule has 0 bridgehead atoms. The molecule has 0 fully saturated rings. The fourth-order valence-electron chi connectivity index (χ4n) is 5.78. The molecule has 8 rings (SSSR count). The average molecular weight is 537 g/mol. The summed E-state index contributed by atoms with van der Waals surface area (Å²) in [4.78, 5) is 19.1. The molecule has 4 heteroatoms. The third-order valence-electron chi connectivity index (χ3n) is 7.84. The van der Waals surface area contributed by atoms with Gasteiger partial charge in [0.15, 0.2) is 0 Å². The van der Waals surface area contributed by atoms with Crippen LogP contribution in [0.2, 0.25) is 0 Å². The van der Waals surface area contributed by atoms with E-state index >= 15 is 0 Å². The van der Waals surface area contributed by atoms with Gasteiger partial charge in [-0.05, 0) is 59.0 Å². The van der Waals surface area contributed by atoms with Crippen LogP contribution in [0.15, 0.2) is 146 Å². The second-order valence-corrected chi connectivity index (χ2v) is 10.3. The first-order valence-corrected chi connectivity index (χ1v) is 14.0. The minimum atomic E-state index is 0.904. The predicted molar refractivity (Wildman–Crippen MR) is 172 cm³/mol. The maximum atomic E-state index is 5.23. The Morgan fingerprint density at radius 1 is 0.381 bits per heavy atom. The van der Waals surface area contributed by atoms with Gasteiger partial charge in [0.05, 0.1) is 28.1 Å². The van der Waals surface area contributed by atoms with E-state index in [0.717, 1.165) is 72.1 Å². The average Bonchev–Trinajstić information content (AvgIpc) is 3.07. The van der Waals surface area contributed by atoms with Crippen LogP contribution in [0.1, 0.15) is 0 Å².